The zero-order chi connectivity index (χ0) is 22.8. The number of carbonyl (C=O) groups excluding carboxylic acids is 4. The zero-order valence-corrected chi connectivity index (χ0v) is 19.1. The molecular formula is C20H24N2O7S2. The van der Waals surface area contributed by atoms with Crippen LogP contribution in [0.4, 0.5) is 5.69 Å². The molecule has 0 spiro atoms. The van der Waals surface area contributed by atoms with Crippen LogP contribution in [0.5, 0.6) is 0 Å². The first kappa shape index (κ1) is 24.6. The number of aromatic nitrogens is 1. The summed E-state index contributed by atoms with van der Waals surface area (Å²) in [5.74, 6) is -1.22. The SMILES string of the molecule is CCOC(=O)CC(CC(=O)Nc1ccc2nc(SCCOC(C)=O)sc2c1)OC(C)=O. The van der Waals surface area contributed by atoms with Crippen LogP contribution in [0.1, 0.15) is 33.6 Å². The summed E-state index contributed by atoms with van der Waals surface area (Å²) in [5.41, 5.74) is 1.36. The fraction of sp³-hybridized carbons (Fsp3) is 0.450. The van der Waals surface area contributed by atoms with Crippen LogP contribution in [0.25, 0.3) is 10.2 Å². The number of rotatable bonds is 11. The maximum atomic E-state index is 12.4. The number of amides is 1. The van der Waals surface area contributed by atoms with E-state index in [2.05, 4.69) is 10.3 Å². The average molecular weight is 469 g/mol. The van der Waals surface area contributed by atoms with E-state index in [1.807, 2.05) is 0 Å². The molecule has 31 heavy (non-hydrogen) atoms. The van der Waals surface area contributed by atoms with E-state index in [0.717, 1.165) is 14.6 Å². The molecule has 11 heteroatoms. The Kier molecular flexibility index (Phi) is 9.73. The molecule has 1 amide bonds. The van der Waals surface area contributed by atoms with Crippen LogP contribution in [-0.4, -0.2) is 53.9 Å². The molecule has 9 nitrogen and oxygen atoms in total. The van der Waals surface area contributed by atoms with Crippen molar-refractivity contribution in [3.8, 4) is 0 Å². The normalized spacial score (nSPS) is 11.6. The molecule has 0 radical (unpaired) electrons. The van der Waals surface area contributed by atoms with Crippen molar-refractivity contribution in [2.45, 2.75) is 44.1 Å². The van der Waals surface area contributed by atoms with Gasteiger partial charge in [0.2, 0.25) is 5.91 Å². The molecular weight excluding hydrogens is 444 g/mol. The number of anilines is 1. The van der Waals surface area contributed by atoms with Crippen molar-refractivity contribution in [1.29, 1.82) is 0 Å². The van der Waals surface area contributed by atoms with Crippen LogP contribution in [0.3, 0.4) is 0 Å². The Morgan fingerprint density at radius 3 is 2.58 bits per heavy atom. The highest BCUT2D eigenvalue weighted by Gasteiger charge is 2.21. The lowest BCUT2D eigenvalue weighted by atomic mass is 10.1. The van der Waals surface area contributed by atoms with Gasteiger partial charge in [-0.25, -0.2) is 4.98 Å². The standard InChI is InChI=1S/C20H24N2O7S2/c1-4-27-19(26)11-15(29-13(3)24)10-18(25)21-14-5-6-16-17(9-14)31-20(22-16)30-8-7-28-12(2)23/h5-6,9,15H,4,7-8,10-11H2,1-3H3,(H,21,25). The molecule has 1 aromatic carbocycles. The predicted octanol–water partition coefficient (Wildman–Crippen LogP) is 3.17. The van der Waals surface area contributed by atoms with Crippen LogP contribution >= 0.6 is 23.1 Å². The number of ether oxygens (including phenoxy) is 3. The van der Waals surface area contributed by atoms with Gasteiger partial charge in [-0.3, -0.25) is 19.2 Å². The van der Waals surface area contributed by atoms with E-state index in [1.54, 1.807) is 25.1 Å². The summed E-state index contributed by atoms with van der Waals surface area (Å²) in [6.45, 7) is 4.77. The smallest absolute Gasteiger partial charge is 0.309 e. The van der Waals surface area contributed by atoms with E-state index in [4.69, 9.17) is 14.2 Å². The van der Waals surface area contributed by atoms with Gasteiger partial charge in [-0.05, 0) is 25.1 Å². The highest BCUT2D eigenvalue weighted by molar-refractivity contribution is 8.01. The number of thiazole rings is 1. The number of fused-ring (bicyclic) bond motifs is 1. The fourth-order valence-electron chi connectivity index (χ4n) is 2.57. The van der Waals surface area contributed by atoms with Crippen molar-refractivity contribution in [1.82, 2.24) is 4.98 Å². The highest BCUT2D eigenvalue weighted by Crippen LogP contribution is 2.31. The van der Waals surface area contributed by atoms with Crippen molar-refractivity contribution in [3.63, 3.8) is 0 Å². The molecule has 1 heterocycles. The Labute approximate surface area is 187 Å². The summed E-state index contributed by atoms with van der Waals surface area (Å²) < 4.78 is 16.5. The zero-order valence-electron chi connectivity index (χ0n) is 17.5. The third-order valence-electron chi connectivity index (χ3n) is 3.71. The second-order valence-corrected chi connectivity index (χ2v) is 8.72. The summed E-state index contributed by atoms with van der Waals surface area (Å²) in [7, 11) is 0. The Morgan fingerprint density at radius 1 is 1.13 bits per heavy atom. The number of benzene rings is 1. The number of nitrogens with one attached hydrogen (secondary N) is 1. The number of thioether (sulfide) groups is 1. The van der Waals surface area contributed by atoms with Crippen molar-refractivity contribution in [2.75, 3.05) is 24.3 Å². The largest absolute Gasteiger partial charge is 0.466 e. The Hall–Kier alpha value is -2.66. The molecule has 0 aliphatic carbocycles. The molecule has 168 valence electrons. The number of carbonyl (C=O) groups is 4. The molecule has 2 aromatic rings. The minimum atomic E-state index is -0.899. The Morgan fingerprint density at radius 2 is 1.90 bits per heavy atom. The van der Waals surface area contributed by atoms with Gasteiger partial charge < -0.3 is 19.5 Å². The third-order valence-corrected chi connectivity index (χ3v) is 5.84. The van der Waals surface area contributed by atoms with Crippen LogP contribution in [0.2, 0.25) is 0 Å². The van der Waals surface area contributed by atoms with E-state index >= 15 is 0 Å². The van der Waals surface area contributed by atoms with Gasteiger partial charge in [0, 0.05) is 25.3 Å². The van der Waals surface area contributed by atoms with Gasteiger partial charge >= 0.3 is 17.9 Å². The average Bonchev–Trinajstić information content (AvgIpc) is 3.06. The molecule has 0 fully saturated rings. The predicted molar refractivity (Wildman–Crippen MR) is 117 cm³/mol. The number of hydrogen-bond acceptors (Lipinski definition) is 10. The summed E-state index contributed by atoms with van der Waals surface area (Å²) >= 11 is 2.95. The molecule has 1 aromatic heterocycles. The van der Waals surface area contributed by atoms with Crippen molar-refractivity contribution >= 4 is 62.8 Å². The van der Waals surface area contributed by atoms with Gasteiger partial charge in [0.15, 0.2) is 4.34 Å². The van der Waals surface area contributed by atoms with Gasteiger partial charge in [0.1, 0.15) is 12.7 Å². The first-order valence-electron chi connectivity index (χ1n) is 9.56. The van der Waals surface area contributed by atoms with E-state index in [0.29, 0.717) is 18.0 Å². The molecule has 1 N–H and O–H groups in total. The summed E-state index contributed by atoms with van der Waals surface area (Å²) in [6, 6.07) is 5.31. The van der Waals surface area contributed by atoms with E-state index in [-0.39, 0.29) is 25.4 Å². The minimum Gasteiger partial charge on any atom is -0.466 e. The number of nitrogens with zero attached hydrogens (tertiary/aromatic N) is 1. The Bertz CT molecular complexity index is 945. The number of hydrogen-bond donors (Lipinski definition) is 1. The van der Waals surface area contributed by atoms with Crippen molar-refractivity contribution in [3.05, 3.63) is 18.2 Å². The maximum Gasteiger partial charge on any atom is 0.309 e. The third kappa shape index (κ3) is 8.93. The summed E-state index contributed by atoms with van der Waals surface area (Å²) in [5, 5.41) is 2.75. The second-order valence-electron chi connectivity index (χ2n) is 6.34. The van der Waals surface area contributed by atoms with Crippen molar-refractivity contribution in [2.24, 2.45) is 0 Å². The Balaban J connectivity index is 1.96. The molecule has 0 aliphatic rings. The van der Waals surface area contributed by atoms with Gasteiger partial charge in [-0.2, -0.15) is 0 Å². The molecule has 1 unspecified atom stereocenters. The van der Waals surface area contributed by atoms with Crippen LogP contribution < -0.4 is 5.32 Å². The second kappa shape index (κ2) is 12.3. The summed E-state index contributed by atoms with van der Waals surface area (Å²) in [6.07, 6.45) is -1.26. The summed E-state index contributed by atoms with van der Waals surface area (Å²) in [4.78, 5) is 50.6. The molecule has 0 saturated carbocycles. The van der Waals surface area contributed by atoms with Gasteiger partial charge in [-0.1, -0.05) is 11.8 Å². The topological polar surface area (TPSA) is 121 Å². The molecule has 0 saturated heterocycles. The molecule has 0 aliphatic heterocycles. The number of esters is 3. The molecule has 1 atom stereocenters. The molecule has 2 rings (SSSR count). The quantitative estimate of drug-likeness (QED) is 0.229. The van der Waals surface area contributed by atoms with E-state index in [1.165, 1.54) is 36.9 Å². The fourth-order valence-corrected chi connectivity index (χ4v) is 4.57. The highest BCUT2D eigenvalue weighted by atomic mass is 32.2. The van der Waals surface area contributed by atoms with Crippen LogP contribution in [0, 0.1) is 0 Å². The first-order chi connectivity index (χ1) is 14.8. The van der Waals surface area contributed by atoms with E-state index < -0.39 is 23.9 Å². The lowest BCUT2D eigenvalue weighted by Gasteiger charge is -2.16. The van der Waals surface area contributed by atoms with Crippen LogP contribution in [0.15, 0.2) is 22.5 Å². The minimum absolute atomic E-state index is 0.170. The monoisotopic (exact) mass is 468 g/mol. The lowest BCUT2D eigenvalue weighted by Crippen LogP contribution is -2.27. The van der Waals surface area contributed by atoms with Crippen molar-refractivity contribution < 1.29 is 33.4 Å². The first-order valence-corrected chi connectivity index (χ1v) is 11.4. The van der Waals surface area contributed by atoms with Gasteiger partial charge in [0.25, 0.3) is 0 Å². The van der Waals surface area contributed by atoms with Gasteiger partial charge in [-0.15, -0.1) is 11.3 Å². The van der Waals surface area contributed by atoms with E-state index in [9.17, 15) is 19.2 Å². The lowest BCUT2D eigenvalue weighted by molar-refractivity contribution is -0.154. The maximum absolute atomic E-state index is 12.4. The molecule has 0 bridgehead atoms. The van der Waals surface area contributed by atoms with Crippen LogP contribution in [-0.2, 0) is 33.4 Å². The van der Waals surface area contributed by atoms with Gasteiger partial charge in [0.05, 0.1) is 29.7 Å².